The SMILES string of the molecule is C=C1C2CCC3C4(C)CC(OC5OC(CO)C(O)C(O)C5OC(=O)CC(C)C)CC(C(=O)O)C4CCC3(C2)C1O. The van der Waals surface area contributed by atoms with Crippen molar-refractivity contribution in [2.45, 2.75) is 115 Å². The Morgan fingerprint density at radius 3 is 2.50 bits per heavy atom. The highest BCUT2D eigenvalue weighted by atomic mass is 16.7. The molecule has 5 rings (SSSR count). The fourth-order valence-electron chi connectivity index (χ4n) is 9.35. The first-order valence-corrected chi connectivity index (χ1v) is 14.9. The van der Waals surface area contributed by atoms with E-state index in [9.17, 15) is 35.1 Å². The Bertz CT molecular complexity index is 999. The lowest BCUT2D eigenvalue weighted by Gasteiger charge is -2.62. The van der Waals surface area contributed by atoms with Crippen LogP contribution in [0, 0.1) is 40.4 Å². The second-order valence-corrected chi connectivity index (χ2v) is 13.8. The molecule has 4 saturated carbocycles. The molecule has 0 radical (unpaired) electrons. The van der Waals surface area contributed by atoms with Crippen LogP contribution >= 0.6 is 0 Å². The quantitative estimate of drug-likeness (QED) is 0.175. The van der Waals surface area contributed by atoms with Crippen molar-refractivity contribution >= 4 is 11.9 Å². The first-order valence-electron chi connectivity index (χ1n) is 14.9. The maximum Gasteiger partial charge on any atom is 0.306 e. The lowest BCUT2D eigenvalue weighted by atomic mass is 9.43. The number of fused-ring (bicyclic) bond motifs is 3. The minimum Gasteiger partial charge on any atom is -0.481 e. The summed E-state index contributed by atoms with van der Waals surface area (Å²) in [5, 5.41) is 52.8. The number of hydrogen-bond acceptors (Lipinski definition) is 9. The standard InChI is InChI=1S/C30H46O10/c1-14(2)9-22(32)40-25-24(34)23(33)20(13-31)39-28(25)38-17-10-18(27(36)37)19-7-8-30-11-16(15(3)26(30)35)5-6-21(30)29(19,4)12-17/h14,16-21,23-26,28,31,33-35H,3,5-13H2,1-2,4H3,(H,36,37). The molecule has 10 nitrogen and oxygen atoms in total. The van der Waals surface area contributed by atoms with Crippen molar-refractivity contribution in [2.75, 3.05) is 6.61 Å². The Morgan fingerprint density at radius 1 is 1.12 bits per heavy atom. The summed E-state index contributed by atoms with van der Waals surface area (Å²) in [4.78, 5) is 25.1. The maximum atomic E-state index is 12.6. The highest BCUT2D eigenvalue weighted by Gasteiger charge is 2.67. The smallest absolute Gasteiger partial charge is 0.306 e. The van der Waals surface area contributed by atoms with E-state index < -0.39 is 72.8 Å². The summed E-state index contributed by atoms with van der Waals surface area (Å²) in [6, 6.07) is 0. The van der Waals surface area contributed by atoms with Gasteiger partial charge in [0.2, 0.25) is 0 Å². The van der Waals surface area contributed by atoms with Crippen LogP contribution in [0.3, 0.4) is 0 Å². The van der Waals surface area contributed by atoms with E-state index in [0.717, 1.165) is 31.3 Å². The molecule has 5 N–H and O–H groups in total. The predicted molar refractivity (Wildman–Crippen MR) is 142 cm³/mol. The molecular formula is C30H46O10. The molecule has 13 unspecified atom stereocenters. The average molecular weight is 567 g/mol. The van der Waals surface area contributed by atoms with Gasteiger partial charge in [-0.05, 0) is 79.6 Å². The van der Waals surface area contributed by atoms with Crippen molar-refractivity contribution in [3.8, 4) is 0 Å². The molecule has 1 heterocycles. The monoisotopic (exact) mass is 566 g/mol. The van der Waals surface area contributed by atoms with E-state index in [-0.39, 0.29) is 36.0 Å². The normalized spacial score (nSPS) is 48.4. The number of carboxylic acids is 1. The fourth-order valence-corrected chi connectivity index (χ4v) is 9.35. The van der Waals surface area contributed by atoms with Crippen LogP contribution in [0.2, 0.25) is 0 Å². The fraction of sp³-hybridized carbons (Fsp3) is 0.867. The van der Waals surface area contributed by atoms with E-state index in [1.165, 1.54) is 0 Å². The molecular weight excluding hydrogens is 520 g/mol. The first kappa shape index (κ1) is 29.9. The maximum absolute atomic E-state index is 12.6. The summed E-state index contributed by atoms with van der Waals surface area (Å²) in [6.45, 7) is 9.47. The Hall–Kier alpha value is -1.56. The van der Waals surface area contributed by atoms with Crippen LogP contribution in [0.25, 0.3) is 0 Å². The molecule has 226 valence electrons. The van der Waals surface area contributed by atoms with E-state index in [1.54, 1.807) is 0 Å². The third-order valence-electron chi connectivity index (χ3n) is 11.1. The molecule has 5 fully saturated rings. The molecule has 1 aliphatic heterocycles. The average Bonchev–Trinajstić information content (AvgIpc) is 3.06. The van der Waals surface area contributed by atoms with E-state index in [4.69, 9.17) is 14.2 Å². The van der Waals surface area contributed by atoms with Crippen LogP contribution in [-0.4, -0.2) is 87.0 Å². The molecule has 0 aromatic carbocycles. The molecule has 1 spiro atoms. The third-order valence-corrected chi connectivity index (χ3v) is 11.1. The van der Waals surface area contributed by atoms with Crippen molar-refractivity contribution in [2.24, 2.45) is 40.4 Å². The number of aliphatic carboxylic acids is 1. The van der Waals surface area contributed by atoms with E-state index >= 15 is 0 Å². The van der Waals surface area contributed by atoms with E-state index in [2.05, 4.69) is 13.5 Å². The van der Waals surface area contributed by atoms with E-state index in [0.29, 0.717) is 18.8 Å². The summed E-state index contributed by atoms with van der Waals surface area (Å²) < 4.78 is 17.8. The lowest BCUT2D eigenvalue weighted by molar-refractivity contribution is -0.322. The van der Waals surface area contributed by atoms with Crippen LogP contribution < -0.4 is 0 Å². The molecule has 40 heavy (non-hydrogen) atoms. The van der Waals surface area contributed by atoms with Gasteiger partial charge in [0.1, 0.15) is 18.3 Å². The van der Waals surface area contributed by atoms with Gasteiger partial charge >= 0.3 is 11.9 Å². The summed E-state index contributed by atoms with van der Waals surface area (Å²) in [6.07, 6.45) is -3.01. The molecule has 0 aromatic heterocycles. The highest BCUT2D eigenvalue weighted by Crippen LogP contribution is 2.70. The van der Waals surface area contributed by atoms with Gasteiger partial charge in [-0.15, -0.1) is 0 Å². The van der Waals surface area contributed by atoms with Gasteiger partial charge in [-0.2, -0.15) is 0 Å². The number of aliphatic hydroxyl groups is 4. The van der Waals surface area contributed by atoms with Gasteiger partial charge in [0, 0.05) is 11.8 Å². The zero-order chi connectivity index (χ0) is 29.1. The zero-order valence-corrected chi connectivity index (χ0v) is 23.8. The summed E-state index contributed by atoms with van der Waals surface area (Å²) in [5.74, 6) is -1.81. The Kier molecular flexibility index (Phi) is 8.18. The van der Waals surface area contributed by atoms with Crippen molar-refractivity contribution in [3.05, 3.63) is 12.2 Å². The second-order valence-electron chi connectivity index (χ2n) is 13.8. The van der Waals surface area contributed by atoms with Gasteiger partial charge in [-0.1, -0.05) is 27.4 Å². The Morgan fingerprint density at radius 2 is 1.85 bits per heavy atom. The topological polar surface area (TPSA) is 163 Å². The number of rotatable bonds is 7. The van der Waals surface area contributed by atoms with E-state index in [1.807, 2.05) is 13.8 Å². The van der Waals surface area contributed by atoms with Crippen molar-refractivity contribution in [1.29, 1.82) is 0 Å². The number of ether oxygens (including phenoxy) is 3. The predicted octanol–water partition coefficient (Wildman–Crippen LogP) is 2.01. The third kappa shape index (κ3) is 4.82. The number of aliphatic hydroxyl groups excluding tert-OH is 4. The molecule has 2 bridgehead atoms. The Balaban J connectivity index is 1.42. The second kappa shape index (κ2) is 10.9. The zero-order valence-electron chi connectivity index (χ0n) is 23.8. The molecule has 4 aliphatic carbocycles. The van der Waals surface area contributed by atoms with Crippen LogP contribution in [0.5, 0.6) is 0 Å². The van der Waals surface area contributed by atoms with Crippen molar-refractivity contribution in [3.63, 3.8) is 0 Å². The van der Waals surface area contributed by atoms with Crippen LogP contribution in [0.4, 0.5) is 0 Å². The molecule has 13 atom stereocenters. The summed E-state index contributed by atoms with van der Waals surface area (Å²) in [5.41, 5.74) is 0.162. The summed E-state index contributed by atoms with van der Waals surface area (Å²) >= 11 is 0. The van der Waals surface area contributed by atoms with Gasteiger partial charge in [-0.3, -0.25) is 9.59 Å². The molecule has 0 amide bonds. The highest BCUT2D eigenvalue weighted by molar-refractivity contribution is 5.71. The minimum atomic E-state index is -1.55. The van der Waals surface area contributed by atoms with Gasteiger partial charge in [0.05, 0.1) is 24.7 Å². The largest absolute Gasteiger partial charge is 0.481 e. The lowest BCUT2D eigenvalue weighted by Crippen LogP contribution is -2.62. The molecule has 10 heteroatoms. The van der Waals surface area contributed by atoms with Crippen molar-refractivity contribution < 1.29 is 49.3 Å². The number of hydrogen-bond donors (Lipinski definition) is 5. The summed E-state index contributed by atoms with van der Waals surface area (Å²) in [7, 11) is 0. The van der Waals surface area contributed by atoms with Gasteiger partial charge < -0.3 is 39.7 Å². The first-order chi connectivity index (χ1) is 18.8. The minimum absolute atomic E-state index is 0.00548. The Labute approximate surface area is 235 Å². The van der Waals surface area contributed by atoms with Gasteiger partial charge in [0.15, 0.2) is 12.4 Å². The van der Waals surface area contributed by atoms with Crippen LogP contribution in [-0.2, 0) is 23.8 Å². The van der Waals surface area contributed by atoms with Gasteiger partial charge in [-0.25, -0.2) is 0 Å². The molecule has 5 aliphatic rings. The number of carbonyl (C=O) groups excluding carboxylic acids is 1. The van der Waals surface area contributed by atoms with Crippen LogP contribution in [0.1, 0.15) is 72.1 Å². The van der Waals surface area contributed by atoms with Gasteiger partial charge in [0.25, 0.3) is 0 Å². The number of esters is 1. The number of carboxylic acid groups (broad SMARTS) is 1. The molecule has 0 aromatic rings. The molecule has 1 saturated heterocycles. The number of carbonyl (C=O) groups is 2. The van der Waals surface area contributed by atoms with Crippen LogP contribution in [0.15, 0.2) is 12.2 Å². The van der Waals surface area contributed by atoms with Crippen molar-refractivity contribution in [1.82, 2.24) is 0 Å².